The first-order valence-corrected chi connectivity index (χ1v) is 8.04. The van der Waals surface area contributed by atoms with Crippen LogP contribution < -0.4 is 9.47 Å². The van der Waals surface area contributed by atoms with Crippen molar-refractivity contribution in [2.45, 2.75) is 0 Å². The number of methoxy groups -OCH3 is 2. The van der Waals surface area contributed by atoms with E-state index in [-0.39, 0.29) is 11.4 Å². The minimum Gasteiger partial charge on any atom is -0.493 e. The van der Waals surface area contributed by atoms with Crippen molar-refractivity contribution < 1.29 is 19.0 Å². The molecule has 0 atom stereocenters. The Hall–Kier alpha value is -2.54. The highest BCUT2D eigenvalue weighted by Crippen LogP contribution is 2.34. The van der Waals surface area contributed by atoms with E-state index in [1.54, 1.807) is 36.5 Å². The first kappa shape index (κ1) is 18.8. The molecular weight excluding hydrogens is 346 g/mol. The van der Waals surface area contributed by atoms with Gasteiger partial charge in [-0.05, 0) is 12.1 Å². The maximum Gasteiger partial charge on any atom is 0.341 e. The maximum atomic E-state index is 12.1. The Labute approximate surface area is 151 Å². The van der Waals surface area contributed by atoms with Gasteiger partial charge in [-0.25, -0.2) is 14.8 Å². The number of ether oxygens (including phenoxy) is 3. The summed E-state index contributed by atoms with van der Waals surface area (Å²) in [5.41, 5.74) is 0.883. The van der Waals surface area contributed by atoms with Crippen LogP contribution in [0.2, 0.25) is 0 Å². The summed E-state index contributed by atoms with van der Waals surface area (Å²) in [5.74, 6) is 1.16. The summed E-state index contributed by atoms with van der Waals surface area (Å²) in [6, 6.07) is 5.15. The Morgan fingerprint density at radius 3 is 2.64 bits per heavy atom. The van der Waals surface area contributed by atoms with Crippen molar-refractivity contribution in [3.05, 3.63) is 23.8 Å². The fourth-order valence-electron chi connectivity index (χ4n) is 2.12. The number of carbonyl (C=O) groups is 1. The van der Waals surface area contributed by atoms with E-state index in [1.807, 2.05) is 14.1 Å². The molecule has 0 fully saturated rings. The molecule has 1 aromatic carbocycles. The third-order valence-corrected chi connectivity index (χ3v) is 3.39. The second kappa shape index (κ2) is 8.53. The molecule has 25 heavy (non-hydrogen) atoms. The van der Waals surface area contributed by atoms with Gasteiger partial charge in [0.15, 0.2) is 17.3 Å². The van der Waals surface area contributed by atoms with Crippen molar-refractivity contribution in [1.29, 1.82) is 0 Å². The molecule has 0 radical (unpaired) electrons. The van der Waals surface area contributed by atoms with Crippen molar-refractivity contribution in [2.24, 2.45) is 4.99 Å². The highest BCUT2D eigenvalue weighted by atomic mass is 35.5. The molecule has 0 spiro atoms. The van der Waals surface area contributed by atoms with Gasteiger partial charge >= 0.3 is 5.97 Å². The third kappa shape index (κ3) is 4.51. The van der Waals surface area contributed by atoms with E-state index in [9.17, 15) is 4.79 Å². The molecule has 7 nitrogen and oxygen atoms in total. The number of alkyl halides is 1. The number of hydrogen-bond donors (Lipinski definition) is 0. The molecule has 0 N–H and O–H groups in total. The topological polar surface area (TPSA) is 73.2 Å². The molecule has 2 aromatic rings. The van der Waals surface area contributed by atoms with Gasteiger partial charge < -0.3 is 19.1 Å². The van der Waals surface area contributed by atoms with Gasteiger partial charge in [0.05, 0.1) is 32.0 Å². The van der Waals surface area contributed by atoms with Crippen LogP contribution in [0.4, 0.5) is 5.82 Å². The number of carbonyl (C=O) groups excluding carboxylic acids is 1. The van der Waals surface area contributed by atoms with Crippen molar-refractivity contribution >= 4 is 40.6 Å². The molecular formula is C17H20ClN3O4. The smallest absolute Gasteiger partial charge is 0.341 e. The van der Waals surface area contributed by atoms with Gasteiger partial charge in [-0.15, -0.1) is 11.6 Å². The first-order chi connectivity index (χ1) is 12.0. The average molecular weight is 366 g/mol. The maximum absolute atomic E-state index is 12.1. The Balaban J connectivity index is 2.62. The summed E-state index contributed by atoms with van der Waals surface area (Å²) in [5, 5.41) is 0.708. The molecule has 0 bridgehead atoms. The van der Waals surface area contributed by atoms with E-state index in [1.165, 1.54) is 7.11 Å². The van der Waals surface area contributed by atoms with E-state index in [4.69, 9.17) is 25.8 Å². The Bertz CT molecular complexity index is 793. The summed E-state index contributed by atoms with van der Waals surface area (Å²) in [7, 11) is 6.51. The van der Waals surface area contributed by atoms with Gasteiger partial charge in [-0.1, -0.05) is 0 Å². The number of fused-ring (bicyclic) bond motifs is 1. The minimum absolute atomic E-state index is 0.265. The van der Waals surface area contributed by atoms with Gasteiger partial charge in [-0.2, -0.15) is 0 Å². The van der Waals surface area contributed by atoms with Gasteiger partial charge in [0.1, 0.15) is 12.2 Å². The molecule has 134 valence electrons. The monoisotopic (exact) mass is 365 g/mol. The lowest BCUT2D eigenvalue weighted by molar-refractivity contribution is 0.0601. The zero-order valence-corrected chi connectivity index (χ0v) is 15.3. The van der Waals surface area contributed by atoms with Crippen LogP contribution in [-0.2, 0) is 4.74 Å². The van der Waals surface area contributed by atoms with Crippen LogP contribution in [0.25, 0.3) is 10.9 Å². The van der Waals surface area contributed by atoms with Gasteiger partial charge in [0.2, 0.25) is 0 Å². The number of hydrogen-bond acceptors (Lipinski definition) is 6. The Morgan fingerprint density at radius 1 is 1.28 bits per heavy atom. The number of esters is 1. The van der Waals surface area contributed by atoms with Gasteiger partial charge in [-0.3, -0.25) is 0 Å². The highest BCUT2D eigenvalue weighted by molar-refractivity contribution is 6.18. The Morgan fingerprint density at radius 2 is 2.04 bits per heavy atom. The number of benzene rings is 1. The minimum atomic E-state index is -0.512. The van der Waals surface area contributed by atoms with E-state index in [0.717, 1.165) is 0 Å². The number of pyridine rings is 1. The number of nitrogens with zero attached hydrogens (tertiary/aromatic N) is 3. The molecule has 0 unspecified atom stereocenters. The molecule has 0 aliphatic rings. The van der Waals surface area contributed by atoms with Crippen molar-refractivity contribution in [2.75, 3.05) is 40.8 Å². The van der Waals surface area contributed by atoms with Crippen molar-refractivity contribution in [1.82, 2.24) is 9.88 Å². The molecule has 8 heteroatoms. The Kier molecular flexibility index (Phi) is 6.41. The van der Waals surface area contributed by atoms with Crippen LogP contribution >= 0.6 is 11.6 Å². The molecule has 0 saturated carbocycles. The molecule has 0 aliphatic heterocycles. The molecule has 0 aliphatic carbocycles. The van der Waals surface area contributed by atoms with E-state index >= 15 is 0 Å². The standard InChI is InChI=1S/C17H20ClN3O4/c1-21(2)10-19-16-12(17(22)24-4)7-11-8-14(23-3)15(25-6-5-18)9-13(11)20-16/h7-10H,5-6H2,1-4H3. The lowest BCUT2D eigenvalue weighted by Crippen LogP contribution is -2.08. The lowest BCUT2D eigenvalue weighted by Gasteiger charge is -2.12. The zero-order chi connectivity index (χ0) is 18.4. The zero-order valence-electron chi connectivity index (χ0n) is 14.6. The molecule has 0 amide bonds. The average Bonchev–Trinajstić information content (AvgIpc) is 2.62. The number of halogens is 1. The predicted molar refractivity (Wildman–Crippen MR) is 97.7 cm³/mol. The molecule has 0 saturated heterocycles. The fourth-order valence-corrected chi connectivity index (χ4v) is 2.20. The van der Waals surface area contributed by atoms with E-state index in [0.29, 0.717) is 34.9 Å². The van der Waals surface area contributed by atoms with Crippen LogP contribution in [-0.4, -0.2) is 63.0 Å². The van der Waals surface area contributed by atoms with E-state index in [2.05, 4.69) is 9.98 Å². The normalized spacial score (nSPS) is 10.9. The van der Waals surface area contributed by atoms with Crippen molar-refractivity contribution in [3.8, 4) is 11.5 Å². The fraction of sp³-hybridized carbons (Fsp3) is 0.353. The second-order valence-electron chi connectivity index (χ2n) is 5.29. The summed E-state index contributed by atoms with van der Waals surface area (Å²) in [4.78, 5) is 22.5. The second-order valence-corrected chi connectivity index (χ2v) is 5.67. The summed E-state index contributed by atoms with van der Waals surface area (Å²) in [6.45, 7) is 0.343. The third-order valence-electron chi connectivity index (χ3n) is 3.23. The molecule has 2 rings (SSSR count). The highest BCUT2D eigenvalue weighted by Gasteiger charge is 2.16. The SMILES string of the molecule is COC(=O)c1cc2cc(OC)c(OCCCl)cc2nc1N=CN(C)C. The van der Waals surface area contributed by atoms with E-state index < -0.39 is 5.97 Å². The first-order valence-electron chi connectivity index (χ1n) is 7.50. The molecule has 1 aromatic heterocycles. The summed E-state index contributed by atoms with van der Waals surface area (Å²) in [6.07, 6.45) is 1.56. The lowest BCUT2D eigenvalue weighted by atomic mass is 10.1. The quantitative estimate of drug-likeness (QED) is 0.325. The van der Waals surface area contributed by atoms with Crippen LogP contribution in [0.3, 0.4) is 0 Å². The van der Waals surface area contributed by atoms with Gasteiger partial charge in [0, 0.05) is 25.5 Å². The summed E-state index contributed by atoms with van der Waals surface area (Å²) >= 11 is 5.68. The number of aliphatic imine (C=N–C) groups is 1. The van der Waals surface area contributed by atoms with Gasteiger partial charge in [0.25, 0.3) is 0 Å². The number of aromatic nitrogens is 1. The van der Waals surface area contributed by atoms with Crippen LogP contribution in [0.15, 0.2) is 23.2 Å². The molecule has 1 heterocycles. The summed E-state index contributed by atoms with van der Waals surface area (Å²) < 4.78 is 15.8. The van der Waals surface area contributed by atoms with Crippen LogP contribution in [0, 0.1) is 0 Å². The predicted octanol–water partition coefficient (Wildman–Crippen LogP) is 2.87. The largest absolute Gasteiger partial charge is 0.493 e. The van der Waals surface area contributed by atoms with Crippen LogP contribution in [0.1, 0.15) is 10.4 Å². The van der Waals surface area contributed by atoms with Crippen LogP contribution in [0.5, 0.6) is 11.5 Å². The van der Waals surface area contributed by atoms with Crippen molar-refractivity contribution in [3.63, 3.8) is 0 Å². The number of rotatable bonds is 7.